The molecule has 4 heteroatoms. The molecule has 3 atom stereocenters. The van der Waals surface area contributed by atoms with Crippen molar-refractivity contribution in [1.29, 1.82) is 0 Å². The van der Waals surface area contributed by atoms with E-state index in [9.17, 15) is 9.59 Å². The van der Waals surface area contributed by atoms with Crippen LogP contribution in [0.5, 0.6) is 0 Å². The van der Waals surface area contributed by atoms with Gasteiger partial charge in [0.05, 0.1) is 5.92 Å². The van der Waals surface area contributed by atoms with Crippen molar-refractivity contribution in [3.05, 3.63) is 0 Å². The molecule has 0 saturated carbocycles. The van der Waals surface area contributed by atoms with Crippen LogP contribution < -0.4 is 5.32 Å². The van der Waals surface area contributed by atoms with Gasteiger partial charge in [0.1, 0.15) is 0 Å². The highest BCUT2D eigenvalue weighted by molar-refractivity contribution is 6.00. The molecule has 0 bridgehead atoms. The van der Waals surface area contributed by atoms with E-state index in [1.807, 2.05) is 27.7 Å². The van der Waals surface area contributed by atoms with Gasteiger partial charge in [-0.15, -0.1) is 0 Å². The molecule has 1 amide bonds. The summed E-state index contributed by atoms with van der Waals surface area (Å²) in [5.41, 5.74) is -1.42. The van der Waals surface area contributed by atoms with Gasteiger partial charge in [-0.1, -0.05) is 20.8 Å². The molecule has 15 heavy (non-hydrogen) atoms. The van der Waals surface area contributed by atoms with Gasteiger partial charge in [0.2, 0.25) is 5.91 Å². The van der Waals surface area contributed by atoms with Crippen molar-refractivity contribution < 1.29 is 14.3 Å². The van der Waals surface area contributed by atoms with E-state index in [0.29, 0.717) is 6.42 Å². The van der Waals surface area contributed by atoms with Crippen LogP contribution in [-0.4, -0.2) is 23.0 Å². The maximum absolute atomic E-state index is 11.5. The third-order valence-corrected chi connectivity index (χ3v) is 3.47. The van der Waals surface area contributed by atoms with Gasteiger partial charge in [0.25, 0.3) is 0 Å². The second-order valence-corrected chi connectivity index (χ2v) is 4.07. The summed E-state index contributed by atoms with van der Waals surface area (Å²) in [4.78, 5) is 22.7. The summed E-state index contributed by atoms with van der Waals surface area (Å²) in [7, 11) is 0. The van der Waals surface area contributed by atoms with Crippen molar-refractivity contribution in [3.63, 3.8) is 0 Å². The molecule has 0 unspecified atom stereocenters. The minimum atomic E-state index is -0.787. The van der Waals surface area contributed by atoms with Crippen molar-refractivity contribution in [2.75, 3.05) is 0 Å². The second kappa shape index (κ2) is 3.51. The molecule has 0 spiro atoms. The smallest absolute Gasteiger partial charge is 0.336 e. The average Bonchev–Trinajstić information content (AvgIpc) is 2.35. The van der Waals surface area contributed by atoms with Gasteiger partial charge in [-0.2, -0.15) is 0 Å². The number of rotatable bonds is 1. The Morgan fingerprint density at radius 1 is 1.33 bits per heavy atom. The lowest BCUT2D eigenvalue weighted by molar-refractivity contribution is -0.216. The van der Waals surface area contributed by atoms with Crippen LogP contribution in [0, 0.1) is 5.92 Å². The Hall–Kier alpha value is -1.06. The number of amides is 1. The van der Waals surface area contributed by atoms with Gasteiger partial charge in [0, 0.05) is 0 Å². The van der Waals surface area contributed by atoms with Crippen LogP contribution in [0.25, 0.3) is 0 Å². The molecule has 0 aromatic heterocycles. The number of ether oxygens (including phenoxy) is 1. The van der Waals surface area contributed by atoms with Crippen LogP contribution in [0.1, 0.15) is 41.0 Å². The largest absolute Gasteiger partial charge is 0.454 e. The van der Waals surface area contributed by atoms with Crippen LogP contribution >= 0.6 is 0 Å². The van der Waals surface area contributed by atoms with Gasteiger partial charge >= 0.3 is 5.97 Å². The maximum atomic E-state index is 11.5. The van der Waals surface area contributed by atoms with Gasteiger partial charge in [-0.3, -0.25) is 4.79 Å². The highest BCUT2D eigenvalue weighted by atomic mass is 16.6. The summed E-state index contributed by atoms with van der Waals surface area (Å²) >= 11 is 0. The van der Waals surface area contributed by atoms with E-state index in [4.69, 9.17) is 4.74 Å². The van der Waals surface area contributed by atoms with Gasteiger partial charge in [0.15, 0.2) is 11.1 Å². The van der Waals surface area contributed by atoms with E-state index in [-0.39, 0.29) is 17.8 Å². The molecule has 1 N–H and O–H groups in total. The number of fused-ring (bicyclic) bond motifs is 1. The summed E-state index contributed by atoms with van der Waals surface area (Å²) in [6.45, 7) is 9.47. The van der Waals surface area contributed by atoms with E-state index in [2.05, 4.69) is 5.32 Å². The molecule has 2 heterocycles. The minimum absolute atomic E-state index is 0.0710. The fourth-order valence-electron chi connectivity index (χ4n) is 2.31. The molecule has 2 aliphatic rings. The first-order valence-electron chi connectivity index (χ1n) is 5.51. The van der Waals surface area contributed by atoms with Crippen molar-refractivity contribution in [2.45, 2.75) is 52.2 Å². The standard InChI is InChI=1S/C9H13NO3.C2H6/c1-4-5-6(11)10-8(2)7(12)13-9(5,8)3;1-2/h5H,4H2,1-3H3,(H,10,11);1-2H3/t5-,8-,9-;/m0./s1. The first kappa shape index (κ1) is 12.0. The van der Waals surface area contributed by atoms with Crippen LogP contribution in [0.4, 0.5) is 0 Å². The summed E-state index contributed by atoms with van der Waals surface area (Å²) in [5, 5.41) is 2.71. The second-order valence-electron chi connectivity index (χ2n) is 4.07. The molecule has 2 fully saturated rings. The lowest BCUT2D eigenvalue weighted by Crippen LogP contribution is -2.72. The zero-order valence-corrected chi connectivity index (χ0v) is 10.0. The predicted octanol–water partition coefficient (Wildman–Crippen LogP) is 1.24. The zero-order valence-electron chi connectivity index (χ0n) is 10.0. The molecular weight excluding hydrogens is 194 g/mol. The fourth-order valence-corrected chi connectivity index (χ4v) is 2.31. The molecular formula is C11H19NO3. The van der Waals surface area contributed by atoms with Gasteiger partial charge in [-0.25, -0.2) is 4.79 Å². The van der Waals surface area contributed by atoms with E-state index >= 15 is 0 Å². The SMILES string of the molecule is CC.CC[C@H]1C(=O)N[C@@]2(C)C(=O)O[C@@]12C. The first-order valence-corrected chi connectivity index (χ1v) is 5.51. The zero-order chi connectivity index (χ0) is 11.9. The highest BCUT2D eigenvalue weighted by Crippen LogP contribution is 2.49. The normalized spacial score (nSPS) is 41.8. The average molecular weight is 213 g/mol. The Kier molecular flexibility index (Phi) is 2.81. The summed E-state index contributed by atoms with van der Waals surface area (Å²) < 4.78 is 5.11. The maximum Gasteiger partial charge on any atom is 0.336 e. The number of carbonyl (C=O) groups is 2. The van der Waals surface area contributed by atoms with Crippen molar-refractivity contribution in [1.82, 2.24) is 5.32 Å². The third-order valence-electron chi connectivity index (χ3n) is 3.47. The Morgan fingerprint density at radius 2 is 1.87 bits per heavy atom. The van der Waals surface area contributed by atoms with Gasteiger partial charge < -0.3 is 10.1 Å². The Balaban J connectivity index is 0.000000531. The van der Waals surface area contributed by atoms with Crippen molar-refractivity contribution >= 4 is 11.9 Å². The predicted molar refractivity (Wildman–Crippen MR) is 56.2 cm³/mol. The van der Waals surface area contributed by atoms with Gasteiger partial charge in [-0.05, 0) is 20.3 Å². The Morgan fingerprint density at radius 3 is 2.20 bits per heavy atom. The molecule has 0 aromatic rings. The third kappa shape index (κ3) is 1.20. The summed E-state index contributed by atoms with van der Waals surface area (Å²) in [6.07, 6.45) is 0.700. The van der Waals surface area contributed by atoms with E-state index in [1.54, 1.807) is 6.92 Å². The Labute approximate surface area is 90.4 Å². The van der Waals surface area contributed by atoms with E-state index in [1.165, 1.54) is 0 Å². The summed E-state index contributed by atoms with van der Waals surface area (Å²) in [6, 6.07) is 0. The first-order chi connectivity index (χ1) is 6.95. The number of esters is 1. The molecule has 4 nitrogen and oxygen atoms in total. The molecule has 0 radical (unpaired) electrons. The monoisotopic (exact) mass is 213 g/mol. The number of nitrogens with one attached hydrogen (secondary N) is 1. The molecule has 2 aliphatic heterocycles. The molecule has 86 valence electrons. The van der Waals surface area contributed by atoms with Crippen LogP contribution in [-0.2, 0) is 14.3 Å². The fraction of sp³-hybridized carbons (Fsp3) is 0.818. The topological polar surface area (TPSA) is 55.4 Å². The Bertz CT molecular complexity index is 302. The minimum Gasteiger partial charge on any atom is -0.454 e. The molecule has 2 saturated heterocycles. The number of carbonyl (C=O) groups excluding carboxylic acids is 2. The lowest BCUT2D eigenvalue weighted by Gasteiger charge is -2.49. The summed E-state index contributed by atoms with van der Waals surface area (Å²) in [5.74, 6) is -0.590. The van der Waals surface area contributed by atoms with Crippen LogP contribution in [0.2, 0.25) is 0 Å². The molecule has 2 rings (SSSR count). The van der Waals surface area contributed by atoms with Crippen molar-refractivity contribution in [2.24, 2.45) is 5.92 Å². The molecule has 0 aliphatic carbocycles. The highest BCUT2D eigenvalue weighted by Gasteiger charge is 2.73. The molecule has 0 aromatic carbocycles. The van der Waals surface area contributed by atoms with E-state index < -0.39 is 11.1 Å². The number of hydrogen-bond acceptors (Lipinski definition) is 3. The van der Waals surface area contributed by atoms with Crippen LogP contribution in [0.3, 0.4) is 0 Å². The quantitative estimate of drug-likeness (QED) is 0.667. The van der Waals surface area contributed by atoms with E-state index in [0.717, 1.165) is 0 Å². The number of hydrogen-bond donors (Lipinski definition) is 1. The van der Waals surface area contributed by atoms with Crippen LogP contribution in [0.15, 0.2) is 0 Å². The van der Waals surface area contributed by atoms with Crippen molar-refractivity contribution in [3.8, 4) is 0 Å². The lowest BCUT2D eigenvalue weighted by atomic mass is 9.72.